The molecule has 4 atom stereocenters. The van der Waals surface area contributed by atoms with Crippen LogP contribution in [0.5, 0.6) is 0 Å². The standard InChI is InChI=1S/C20H16O4S2/c21-25(22,14-7-3-1-4-8-14)18-13-17-19-16(18)11-12-20(17,19)26(23,24)15-9-5-2-6-10-15/h1-13,16-17,19H. The van der Waals surface area contributed by atoms with Crippen molar-refractivity contribution in [2.75, 3.05) is 0 Å². The molecule has 5 rings (SSSR count). The number of allylic oxidation sites excluding steroid dienone is 3. The second-order valence-electron chi connectivity index (χ2n) is 6.99. The van der Waals surface area contributed by atoms with E-state index in [1.807, 2.05) is 0 Å². The van der Waals surface area contributed by atoms with Crippen LogP contribution < -0.4 is 0 Å². The Hall–Kier alpha value is -2.18. The van der Waals surface area contributed by atoms with Gasteiger partial charge < -0.3 is 0 Å². The van der Waals surface area contributed by atoms with Gasteiger partial charge >= 0.3 is 0 Å². The summed E-state index contributed by atoms with van der Waals surface area (Å²) in [6.45, 7) is 0. The van der Waals surface area contributed by atoms with Gasteiger partial charge in [0.2, 0.25) is 9.84 Å². The van der Waals surface area contributed by atoms with Gasteiger partial charge in [-0.3, -0.25) is 0 Å². The van der Waals surface area contributed by atoms with E-state index >= 15 is 0 Å². The molecule has 4 nitrogen and oxygen atoms in total. The van der Waals surface area contributed by atoms with Crippen molar-refractivity contribution in [2.24, 2.45) is 17.8 Å². The SMILES string of the molecule is O=S(=O)(C1=CC2C3C1C=CC23S(=O)(=O)c1ccccc1)c1ccccc1. The van der Waals surface area contributed by atoms with E-state index in [2.05, 4.69) is 0 Å². The lowest BCUT2D eigenvalue weighted by atomic mass is 10.1. The molecular formula is C20H16O4S2. The van der Waals surface area contributed by atoms with Crippen molar-refractivity contribution in [3.8, 4) is 0 Å². The lowest BCUT2D eigenvalue weighted by molar-refractivity contribution is 0.574. The molecule has 0 radical (unpaired) electrons. The van der Waals surface area contributed by atoms with Gasteiger partial charge in [-0.2, -0.15) is 0 Å². The predicted octanol–water partition coefficient (Wildman–Crippen LogP) is 3.00. The number of hydrogen-bond donors (Lipinski definition) is 0. The van der Waals surface area contributed by atoms with Crippen LogP contribution in [0.3, 0.4) is 0 Å². The van der Waals surface area contributed by atoms with E-state index < -0.39 is 24.4 Å². The number of sulfone groups is 2. The Morgan fingerprint density at radius 3 is 1.92 bits per heavy atom. The first-order chi connectivity index (χ1) is 12.4. The largest absolute Gasteiger partial charge is 0.223 e. The van der Waals surface area contributed by atoms with E-state index in [-0.39, 0.29) is 22.6 Å². The van der Waals surface area contributed by atoms with Crippen LogP contribution in [0.4, 0.5) is 0 Å². The highest BCUT2D eigenvalue weighted by atomic mass is 32.2. The summed E-state index contributed by atoms with van der Waals surface area (Å²) < 4.78 is 51.3. The topological polar surface area (TPSA) is 68.3 Å². The lowest BCUT2D eigenvalue weighted by Crippen LogP contribution is -2.26. The van der Waals surface area contributed by atoms with Crippen molar-refractivity contribution < 1.29 is 16.8 Å². The maximum Gasteiger partial charge on any atom is 0.203 e. The zero-order valence-electron chi connectivity index (χ0n) is 13.7. The van der Waals surface area contributed by atoms with Crippen LogP contribution in [0.25, 0.3) is 0 Å². The fourth-order valence-corrected chi connectivity index (χ4v) is 8.62. The second-order valence-corrected chi connectivity index (χ2v) is 11.1. The van der Waals surface area contributed by atoms with Gasteiger partial charge in [-0.1, -0.05) is 54.6 Å². The van der Waals surface area contributed by atoms with Crippen LogP contribution in [0, 0.1) is 17.8 Å². The average Bonchev–Trinajstić information content (AvgIpc) is 2.96. The first-order valence-corrected chi connectivity index (χ1v) is 11.4. The maximum absolute atomic E-state index is 13.2. The maximum atomic E-state index is 13.2. The van der Waals surface area contributed by atoms with Crippen LogP contribution in [-0.2, 0) is 19.7 Å². The van der Waals surface area contributed by atoms with Crippen molar-refractivity contribution >= 4 is 19.7 Å². The molecule has 0 spiro atoms. The Morgan fingerprint density at radius 2 is 1.35 bits per heavy atom. The minimum atomic E-state index is -3.60. The van der Waals surface area contributed by atoms with Gasteiger partial charge in [0.25, 0.3) is 0 Å². The molecule has 0 heterocycles. The van der Waals surface area contributed by atoms with E-state index in [0.29, 0.717) is 9.80 Å². The fraction of sp³-hybridized carbons (Fsp3) is 0.200. The molecule has 132 valence electrons. The van der Waals surface area contributed by atoms with Crippen molar-refractivity contribution in [1.29, 1.82) is 0 Å². The van der Waals surface area contributed by atoms with Crippen molar-refractivity contribution in [3.63, 3.8) is 0 Å². The molecule has 2 aromatic carbocycles. The summed E-state index contributed by atoms with van der Waals surface area (Å²) in [5.74, 6) is -0.832. The van der Waals surface area contributed by atoms with Crippen LogP contribution in [0.2, 0.25) is 0 Å². The van der Waals surface area contributed by atoms with Crippen LogP contribution in [0.1, 0.15) is 0 Å². The second kappa shape index (κ2) is 4.96. The normalized spacial score (nSPS) is 31.5. The Morgan fingerprint density at radius 1 is 0.769 bits per heavy atom. The summed E-state index contributed by atoms with van der Waals surface area (Å²) in [7, 11) is -7.15. The smallest absolute Gasteiger partial charge is 0.203 e. The zero-order chi connectivity index (χ0) is 18.2. The first kappa shape index (κ1) is 16.0. The summed E-state index contributed by atoms with van der Waals surface area (Å²) in [5, 5.41) is 0. The quantitative estimate of drug-likeness (QED) is 0.760. The fourth-order valence-electron chi connectivity index (χ4n) is 4.59. The molecule has 0 aromatic heterocycles. The van der Waals surface area contributed by atoms with E-state index in [9.17, 15) is 16.8 Å². The average molecular weight is 384 g/mol. The van der Waals surface area contributed by atoms with Gasteiger partial charge in [0.15, 0.2) is 9.84 Å². The van der Waals surface area contributed by atoms with Gasteiger partial charge in [0.05, 0.1) is 14.7 Å². The number of benzene rings is 2. The highest BCUT2D eigenvalue weighted by Crippen LogP contribution is 2.72. The minimum Gasteiger partial charge on any atom is -0.223 e. The molecular weight excluding hydrogens is 368 g/mol. The lowest BCUT2D eigenvalue weighted by Gasteiger charge is -2.17. The molecule has 0 aliphatic heterocycles. The predicted molar refractivity (Wildman–Crippen MR) is 97.7 cm³/mol. The molecule has 2 aromatic rings. The van der Waals surface area contributed by atoms with Gasteiger partial charge in [-0.15, -0.1) is 0 Å². The zero-order valence-corrected chi connectivity index (χ0v) is 15.3. The van der Waals surface area contributed by atoms with Crippen molar-refractivity contribution in [2.45, 2.75) is 14.5 Å². The third-order valence-corrected chi connectivity index (χ3v) is 10.3. The minimum absolute atomic E-state index is 0.207. The number of fused-ring (bicyclic) bond motifs is 1. The molecule has 6 heteroatoms. The third-order valence-electron chi connectivity index (χ3n) is 5.83. The highest BCUT2D eigenvalue weighted by Gasteiger charge is 2.78. The third kappa shape index (κ3) is 1.78. The van der Waals surface area contributed by atoms with Gasteiger partial charge in [0.1, 0.15) is 4.75 Å². The molecule has 0 N–H and O–H groups in total. The molecule has 1 fully saturated rings. The molecule has 4 unspecified atom stereocenters. The van der Waals surface area contributed by atoms with E-state index in [0.717, 1.165) is 0 Å². The summed E-state index contributed by atoms with van der Waals surface area (Å²) in [5.41, 5.74) is 0. The molecule has 3 aliphatic rings. The summed E-state index contributed by atoms with van der Waals surface area (Å²) in [4.78, 5) is 0.885. The Balaban J connectivity index is 1.57. The molecule has 0 bridgehead atoms. The molecule has 26 heavy (non-hydrogen) atoms. The van der Waals surface area contributed by atoms with Gasteiger partial charge in [-0.25, -0.2) is 16.8 Å². The molecule has 0 amide bonds. The van der Waals surface area contributed by atoms with Crippen molar-refractivity contribution in [1.82, 2.24) is 0 Å². The summed E-state index contributed by atoms with van der Waals surface area (Å²) >= 11 is 0. The first-order valence-electron chi connectivity index (χ1n) is 8.41. The van der Waals surface area contributed by atoms with E-state index in [1.54, 1.807) is 78.9 Å². The van der Waals surface area contributed by atoms with Gasteiger partial charge in [0, 0.05) is 17.8 Å². The Labute approximate surface area is 152 Å². The van der Waals surface area contributed by atoms with Crippen LogP contribution >= 0.6 is 0 Å². The Bertz CT molecular complexity index is 1160. The summed E-state index contributed by atoms with van der Waals surface area (Å²) in [6, 6.07) is 16.7. The monoisotopic (exact) mass is 384 g/mol. The number of hydrogen-bond acceptors (Lipinski definition) is 4. The van der Waals surface area contributed by atoms with Crippen molar-refractivity contribution in [3.05, 3.63) is 83.8 Å². The molecule has 1 saturated carbocycles. The Kier molecular flexibility index (Phi) is 3.06. The number of rotatable bonds is 4. The van der Waals surface area contributed by atoms with Gasteiger partial charge in [-0.05, 0) is 24.3 Å². The molecule has 0 saturated heterocycles. The van der Waals surface area contributed by atoms with Crippen LogP contribution in [-0.4, -0.2) is 21.6 Å². The van der Waals surface area contributed by atoms with E-state index in [4.69, 9.17) is 0 Å². The summed E-state index contributed by atoms with van der Waals surface area (Å²) in [6.07, 6.45) is 5.17. The van der Waals surface area contributed by atoms with E-state index in [1.165, 1.54) is 0 Å². The van der Waals surface area contributed by atoms with Crippen LogP contribution in [0.15, 0.2) is 93.6 Å². The highest BCUT2D eigenvalue weighted by molar-refractivity contribution is 7.95. The molecule has 3 aliphatic carbocycles.